The van der Waals surface area contributed by atoms with Crippen molar-refractivity contribution in [2.45, 2.75) is 26.3 Å². The Morgan fingerprint density at radius 3 is 2.53 bits per heavy atom. The number of rotatable bonds is 5. The molecular formula is C16H25N3. The minimum Gasteiger partial charge on any atom is -0.358 e. The van der Waals surface area contributed by atoms with Crippen LogP contribution in [0, 0.1) is 12.8 Å². The topological polar surface area (TPSA) is 45.1 Å². The lowest BCUT2D eigenvalue weighted by atomic mass is 9.88. The van der Waals surface area contributed by atoms with Crippen molar-refractivity contribution in [1.29, 1.82) is 0 Å². The highest BCUT2D eigenvalue weighted by atomic mass is 15.1. The molecule has 3 N–H and O–H groups in total. The standard InChI is InChI=1S/C16H25N3/c1-5-12(10-17)16(19(3)4)15-11(2)18-14-9-7-6-8-13(14)15/h6-9,12,16,18H,5,10,17H2,1-4H3. The van der Waals surface area contributed by atoms with Gasteiger partial charge in [0.1, 0.15) is 0 Å². The molecule has 0 spiro atoms. The summed E-state index contributed by atoms with van der Waals surface area (Å²) in [5.74, 6) is 0.480. The van der Waals surface area contributed by atoms with E-state index in [9.17, 15) is 0 Å². The van der Waals surface area contributed by atoms with E-state index in [2.05, 4.69) is 62.1 Å². The highest BCUT2D eigenvalue weighted by Crippen LogP contribution is 2.35. The Morgan fingerprint density at radius 2 is 1.95 bits per heavy atom. The van der Waals surface area contributed by atoms with E-state index in [1.807, 2.05) is 0 Å². The van der Waals surface area contributed by atoms with Crippen LogP contribution in [-0.2, 0) is 0 Å². The van der Waals surface area contributed by atoms with Crippen LogP contribution < -0.4 is 5.73 Å². The summed E-state index contributed by atoms with van der Waals surface area (Å²) in [6, 6.07) is 8.89. The SMILES string of the molecule is CCC(CN)C(c1c(C)[nH]c2ccccc12)N(C)C. The molecular weight excluding hydrogens is 234 g/mol. The number of nitrogens with one attached hydrogen (secondary N) is 1. The number of hydrogen-bond donors (Lipinski definition) is 2. The van der Waals surface area contributed by atoms with Crippen molar-refractivity contribution in [3.8, 4) is 0 Å². The molecule has 0 bridgehead atoms. The molecule has 0 aliphatic rings. The molecule has 0 aliphatic carbocycles. The quantitative estimate of drug-likeness (QED) is 0.867. The van der Waals surface area contributed by atoms with E-state index >= 15 is 0 Å². The summed E-state index contributed by atoms with van der Waals surface area (Å²) in [6.45, 7) is 5.10. The van der Waals surface area contributed by atoms with Crippen molar-refractivity contribution in [2.24, 2.45) is 11.7 Å². The van der Waals surface area contributed by atoms with Crippen LogP contribution >= 0.6 is 0 Å². The first-order valence-electron chi connectivity index (χ1n) is 7.03. The number of H-pyrrole nitrogens is 1. The predicted molar refractivity (Wildman–Crippen MR) is 82.3 cm³/mol. The number of nitrogens with zero attached hydrogens (tertiary/aromatic N) is 1. The van der Waals surface area contributed by atoms with E-state index < -0.39 is 0 Å². The molecule has 3 nitrogen and oxygen atoms in total. The Labute approximate surface area is 115 Å². The summed E-state index contributed by atoms with van der Waals surface area (Å²) in [6.07, 6.45) is 1.10. The number of aromatic amines is 1. The number of aromatic nitrogens is 1. The lowest BCUT2D eigenvalue weighted by Gasteiger charge is -2.32. The third-order valence-electron chi connectivity index (χ3n) is 4.07. The molecule has 19 heavy (non-hydrogen) atoms. The van der Waals surface area contributed by atoms with Crippen LogP contribution in [-0.4, -0.2) is 30.5 Å². The molecule has 2 unspecified atom stereocenters. The number of aryl methyl sites for hydroxylation is 1. The Hall–Kier alpha value is -1.32. The third-order valence-corrected chi connectivity index (χ3v) is 4.07. The van der Waals surface area contributed by atoms with Gasteiger partial charge in [-0.05, 0) is 45.1 Å². The molecule has 1 aromatic heterocycles. The van der Waals surface area contributed by atoms with E-state index in [1.165, 1.54) is 22.2 Å². The molecule has 1 heterocycles. The van der Waals surface area contributed by atoms with Gasteiger partial charge in [0.05, 0.1) is 0 Å². The Bertz CT molecular complexity index is 538. The first-order chi connectivity index (χ1) is 9.10. The number of nitrogens with two attached hydrogens (primary N) is 1. The highest BCUT2D eigenvalue weighted by molar-refractivity contribution is 5.85. The molecule has 0 aliphatic heterocycles. The molecule has 104 valence electrons. The predicted octanol–water partition coefficient (Wildman–Crippen LogP) is 3.06. The van der Waals surface area contributed by atoms with E-state index in [4.69, 9.17) is 5.73 Å². The second-order valence-corrected chi connectivity index (χ2v) is 5.52. The Kier molecular flexibility index (Phi) is 4.27. The fourth-order valence-corrected chi connectivity index (χ4v) is 3.11. The maximum Gasteiger partial charge on any atom is 0.0459 e. The van der Waals surface area contributed by atoms with Crippen molar-refractivity contribution in [1.82, 2.24) is 9.88 Å². The Balaban J connectivity index is 2.59. The summed E-state index contributed by atoms with van der Waals surface area (Å²) in [5.41, 5.74) is 9.86. The fourth-order valence-electron chi connectivity index (χ4n) is 3.11. The number of fused-ring (bicyclic) bond motifs is 1. The molecule has 0 amide bonds. The van der Waals surface area contributed by atoms with Crippen molar-refractivity contribution in [3.63, 3.8) is 0 Å². The van der Waals surface area contributed by atoms with Gasteiger partial charge in [-0.1, -0.05) is 31.5 Å². The lowest BCUT2D eigenvalue weighted by Crippen LogP contribution is -2.32. The van der Waals surface area contributed by atoms with Gasteiger partial charge in [-0.15, -0.1) is 0 Å². The van der Waals surface area contributed by atoms with Gasteiger partial charge in [0, 0.05) is 22.6 Å². The minimum atomic E-state index is 0.367. The second-order valence-electron chi connectivity index (χ2n) is 5.52. The highest BCUT2D eigenvalue weighted by Gasteiger charge is 2.27. The largest absolute Gasteiger partial charge is 0.358 e. The smallest absolute Gasteiger partial charge is 0.0459 e. The van der Waals surface area contributed by atoms with E-state index in [0.29, 0.717) is 12.0 Å². The van der Waals surface area contributed by atoms with Crippen LogP contribution in [0.15, 0.2) is 24.3 Å². The zero-order valence-electron chi connectivity index (χ0n) is 12.4. The maximum absolute atomic E-state index is 5.99. The van der Waals surface area contributed by atoms with Gasteiger partial charge in [-0.2, -0.15) is 0 Å². The summed E-state index contributed by atoms with van der Waals surface area (Å²) in [5, 5.41) is 1.32. The van der Waals surface area contributed by atoms with E-state index in [0.717, 1.165) is 13.0 Å². The van der Waals surface area contributed by atoms with Gasteiger partial charge in [0.15, 0.2) is 0 Å². The maximum atomic E-state index is 5.99. The fraction of sp³-hybridized carbons (Fsp3) is 0.500. The van der Waals surface area contributed by atoms with Crippen LogP contribution in [0.25, 0.3) is 10.9 Å². The molecule has 0 radical (unpaired) electrons. The van der Waals surface area contributed by atoms with Gasteiger partial charge >= 0.3 is 0 Å². The van der Waals surface area contributed by atoms with Crippen LogP contribution in [0.5, 0.6) is 0 Å². The summed E-state index contributed by atoms with van der Waals surface area (Å²) >= 11 is 0. The molecule has 2 aromatic rings. The van der Waals surface area contributed by atoms with E-state index in [-0.39, 0.29) is 0 Å². The summed E-state index contributed by atoms with van der Waals surface area (Å²) in [4.78, 5) is 5.79. The molecule has 2 rings (SSSR count). The van der Waals surface area contributed by atoms with Gasteiger partial charge in [-0.3, -0.25) is 0 Å². The van der Waals surface area contributed by atoms with Crippen LogP contribution in [0.2, 0.25) is 0 Å². The monoisotopic (exact) mass is 259 g/mol. The molecule has 0 saturated heterocycles. The number of para-hydroxylation sites is 1. The average Bonchev–Trinajstić information content (AvgIpc) is 2.71. The lowest BCUT2D eigenvalue weighted by molar-refractivity contribution is 0.211. The first kappa shape index (κ1) is 14.1. The molecule has 0 saturated carbocycles. The molecule has 1 aromatic carbocycles. The zero-order valence-corrected chi connectivity index (χ0v) is 12.4. The van der Waals surface area contributed by atoms with Crippen molar-refractivity contribution in [2.75, 3.05) is 20.6 Å². The van der Waals surface area contributed by atoms with Crippen LogP contribution in [0.3, 0.4) is 0 Å². The van der Waals surface area contributed by atoms with Crippen LogP contribution in [0.4, 0.5) is 0 Å². The van der Waals surface area contributed by atoms with Crippen molar-refractivity contribution < 1.29 is 0 Å². The van der Waals surface area contributed by atoms with Gasteiger partial charge < -0.3 is 15.6 Å². The van der Waals surface area contributed by atoms with Crippen molar-refractivity contribution in [3.05, 3.63) is 35.5 Å². The molecule has 2 atom stereocenters. The average molecular weight is 259 g/mol. The second kappa shape index (κ2) is 5.76. The zero-order chi connectivity index (χ0) is 14.0. The minimum absolute atomic E-state index is 0.367. The van der Waals surface area contributed by atoms with Gasteiger partial charge in [0.2, 0.25) is 0 Å². The summed E-state index contributed by atoms with van der Waals surface area (Å²) in [7, 11) is 4.29. The van der Waals surface area contributed by atoms with Crippen LogP contribution in [0.1, 0.15) is 30.6 Å². The van der Waals surface area contributed by atoms with Crippen molar-refractivity contribution >= 4 is 10.9 Å². The Morgan fingerprint density at radius 1 is 1.26 bits per heavy atom. The van der Waals surface area contributed by atoms with Gasteiger partial charge in [-0.25, -0.2) is 0 Å². The van der Waals surface area contributed by atoms with E-state index in [1.54, 1.807) is 0 Å². The number of hydrogen-bond acceptors (Lipinski definition) is 2. The molecule has 3 heteroatoms. The van der Waals surface area contributed by atoms with Gasteiger partial charge in [0.25, 0.3) is 0 Å². The normalized spacial score (nSPS) is 15.1. The summed E-state index contributed by atoms with van der Waals surface area (Å²) < 4.78 is 0. The number of benzene rings is 1. The first-order valence-corrected chi connectivity index (χ1v) is 7.03. The third kappa shape index (κ3) is 2.53. The molecule has 0 fully saturated rings.